The van der Waals surface area contributed by atoms with Crippen LogP contribution in [0.15, 0.2) is 47.6 Å². The summed E-state index contributed by atoms with van der Waals surface area (Å²) < 4.78 is 12.4. The smallest absolute Gasteiger partial charge is 0.214 e. The molecule has 0 saturated heterocycles. The van der Waals surface area contributed by atoms with E-state index in [9.17, 15) is 4.79 Å². The number of methoxy groups -OCH3 is 1. The van der Waals surface area contributed by atoms with E-state index in [4.69, 9.17) is 21.1 Å². The molecule has 3 rings (SSSR count). The molecule has 0 bridgehead atoms. The van der Waals surface area contributed by atoms with Gasteiger partial charge in [-0.15, -0.1) is 5.10 Å². The molecule has 0 aliphatic carbocycles. The van der Waals surface area contributed by atoms with Crippen molar-refractivity contribution in [3.05, 3.63) is 53.1 Å². The Morgan fingerprint density at radius 3 is 2.81 bits per heavy atom. The van der Waals surface area contributed by atoms with Gasteiger partial charge in [-0.05, 0) is 47.7 Å². The van der Waals surface area contributed by atoms with Crippen LogP contribution in [0.4, 0.5) is 0 Å². The lowest BCUT2D eigenvalue weighted by Gasteiger charge is -2.11. The molecule has 0 unspecified atom stereocenters. The molecule has 27 heavy (non-hydrogen) atoms. The Morgan fingerprint density at radius 2 is 2.04 bits per heavy atom. The van der Waals surface area contributed by atoms with E-state index in [1.54, 1.807) is 22.9 Å². The number of hydrogen-bond acceptors (Lipinski definition) is 7. The molecule has 0 spiro atoms. The van der Waals surface area contributed by atoms with Crippen LogP contribution < -0.4 is 9.47 Å². The molecule has 1 aromatic heterocycles. The average molecular weight is 405 g/mol. The van der Waals surface area contributed by atoms with Gasteiger partial charge in [0.15, 0.2) is 5.78 Å². The highest BCUT2D eigenvalue weighted by atomic mass is 35.5. The summed E-state index contributed by atoms with van der Waals surface area (Å²) in [5.41, 5.74) is 1.13. The van der Waals surface area contributed by atoms with Crippen molar-refractivity contribution in [2.45, 2.75) is 12.1 Å². The normalized spacial score (nSPS) is 10.6. The quantitative estimate of drug-likeness (QED) is 0.418. The Morgan fingerprint density at radius 1 is 1.22 bits per heavy atom. The third kappa shape index (κ3) is 4.40. The van der Waals surface area contributed by atoms with Crippen molar-refractivity contribution in [3.63, 3.8) is 0 Å². The molecule has 0 radical (unpaired) electrons. The van der Waals surface area contributed by atoms with Gasteiger partial charge in [0, 0.05) is 5.02 Å². The van der Waals surface area contributed by atoms with E-state index in [-0.39, 0.29) is 11.5 Å². The summed E-state index contributed by atoms with van der Waals surface area (Å²) in [5.74, 6) is 1.14. The van der Waals surface area contributed by atoms with E-state index in [0.717, 1.165) is 0 Å². The summed E-state index contributed by atoms with van der Waals surface area (Å²) in [6.07, 6.45) is 0. The number of nitrogens with zero attached hydrogens (tertiary/aromatic N) is 4. The van der Waals surface area contributed by atoms with Crippen LogP contribution in [0, 0.1) is 0 Å². The first kappa shape index (κ1) is 19.2. The number of para-hydroxylation sites is 2. The van der Waals surface area contributed by atoms with Crippen LogP contribution in [0.3, 0.4) is 0 Å². The van der Waals surface area contributed by atoms with Crippen LogP contribution in [-0.2, 0) is 0 Å². The van der Waals surface area contributed by atoms with E-state index in [0.29, 0.717) is 39.5 Å². The molecule has 0 aliphatic rings. The molecule has 0 fully saturated rings. The highest BCUT2D eigenvalue weighted by molar-refractivity contribution is 7.99. The molecule has 9 heteroatoms. The second-order valence-electron chi connectivity index (χ2n) is 5.33. The zero-order valence-electron chi connectivity index (χ0n) is 14.8. The summed E-state index contributed by atoms with van der Waals surface area (Å²) >= 11 is 7.23. The molecule has 2 aromatic carbocycles. The van der Waals surface area contributed by atoms with Crippen LogP contribution in [0.2, 0.25) is 5.02 Å². The monoisotopic (exact) mass is 404 g/mol. The standard InChI is InChI=1S/C18H17ClN4O3S/c1-3-26-17-7-5-4-6-14(17)23-18(20-21-22-23)27-11-15(24)13-10-12(19)8-9-16(13)25-2/h4-10H,3,11H2,1-2H3. The van der Waals surface area contributed by atoms with Gasteiger partial charge in [-0.25, -0.2) is 0 Å². The van der Waals surface area contributed by atoms with Gasteiger partial charge in [-0.2, -0.15) is 4.68 Å². The largest absolute Gasteiger partial charge is 0.496 e. The minimum Gasteiger partial charge on any atom is -0.496 e. The van der Waals surface area contributed by atoms with Gasteiger partial charge in [-0.3, -0.25) is 4.79 Å². The number of rotatable bonds is 8. The number of ketones is 1. The van der Waals surface area contributed by atoms with E-state index in [1.807, 2.05) is 31.2 Å². The summed E-state index contributed by atoms with van der Waals surface area (Å²) in [4.78, 5) is 12.6. The first-order valence-corrected chi connectivity index (χ1v) is 9.50. The van der Waals surface area contributed by atoms with Crippen molar-refractivity contribution in [1.29, 1.82) is 0 Å². The molecule has 0 aliphatic heterocycles. The van der Waals surface area contributed by atoms with Gasteiger partial charge in [-0.1, -0.05) is 35.5 Å². The minimum absolute atomic E-state index is 0.132. The van der Waals surface area contributed by atoms with Crippen LogP contribution in [0.25, 0.3) is 5.69 Å². The zero-order chi connectivity index (χ0) is 19.2. The minimum atomic E-state index is -0.132. The van der Waals surface area contributed by atoms with Crippen molar-refractivity contribution >= 4 is 29.1 Å². The number of hydrogen-bond donors (Lipinski definition) is 0. The maximum atomic E-state index is 12.6. The maximum absolute atomic E-state index is 12.6. The topological polar surface area (TPSA) is 79.1 Å². The fraction of sp³-hybridized carbons (Fsp3) is 0.222. The van der Waals surface area contributed by atoms with Crippen molar-refractivity contribution < 1.29 is 14.3 Å². The molecule has 0 saturated carbocycles. The first-order valence-electron chi connectivity index (χ1n) is 8.14. The van der Waals surface area contributed by atoms with Gasteiger partial charge in [0.1, 0.15) is 17.2 Å². The van der Waals surface area contributed by atoms with Gasteiger partial charge < -0.3 is 9.47 Å². The molecule has 0 amide bonds. The summed E-state index contributed by atoms with van der Waals surface area (Å²) in [6.45, 7) is 2.43. The molecule has 7 nitrogen and oxygen atoms in total. The summed E-state index contributed by atoms with van der Waals surface area (Å²) in [6, 6.07) is 12.4. The number of aromatic nitrogens is 4. The number of carbonyl (C=O) groups excluding carboxylic acids is 1. The number of ether oxygens (including phenoxy) is 2. The SMILES string of the molecule is CCOc1ccccc1-n1nnnc1SCC(=O)c1cc(Cl)ccc1OC. The third-order valence-corrected chi connectivity index (χ3v) is 4.78. The van der Waals surface area contributed by atoms with Gasteiger partial charge >= 0.3 is 0 Å². The van der Waals surface area contributed by atoms with Crippen molar-refractivity contribution in [3.8, 4) is 17.2 Å². The Kier molecular flexibility index (Phi) is 6.31. The second-order valence-corrected chi connectivity index (χ2v) is 6.71. The first-order chi connectivity index (χ1) is 13.1. The predicted octanol–water partition coefficient (Wildman–Crippen LogP) is 3.70. The molecular weight excluding hydrogens is 388 g/mol. The zero-order valence-corrected chi connectivity index (χ0v) is 16.3. The van der Waals surface area contributed by atoms with E-state index in [1.165, 1.54) is 18.9 Å². The van der Waals surface area contributed by atoms with Gasteiger partial charge in [0.2, 0.25) is 5.16 Å². The molecule has 0 N–H and O–H groups in total. The molecule has 3 aromatic rings. The molecule has 0 atom stereocenters. The van der Waals surface area contributed by atoms with E-state index >= 15 is 0 Å². The lowest BCUT2D eigenvalue weighted by Crippen LogP contribution is -2.07. The second kappa shape index (κ2) is 8.88. The number of carbonyl (C=O) groups is 1. The Balaban J connectivity index is 1.80. The lowest BCUT2D eigenvalue weighted by molar-refractivity contribution is 0.101. The number of halogens is 1. The number of tetrazole rings is 1. The number of thioether (sulfide) groups is 1. The van der Waals surface area contributed by atoms with Crippen LogP contribution >= 0.6 is 23.4 Å². The summed E-state index contributed by atoms with van der Waals surface area (Å²) in [5, 5.41) is 12.7. The lowest BCUT2D eigenvalue weighted by atomic mass is 10.1. The van der Waals surface area contributed by atoms with Crippen LogP contribution in [0.1, 0.15) is 17.3 Å². The highest BCUT2D eigenvalue weighted by Crippen LogP contribution is 2.28. The Labute approximate surface area is 165 Å². The Hall–Kier alpha value is -2.58. The summed E-state index contributed by atoms with van der Waals surface area (Å²) in [7, 11) is 1.51. The van der Waals surface area contributed by atoms with Crippen molar-refractivity contribution in [1.82, 2.24) is 20.2 Å². The fourth-order valence-electron chi connectivity index (χ4n) is 2.44. The Bertz CT molecular complexity index is 948. The van der Waals surface area contributed by atoms with E-state index in [2.05, 4.69) is 15.5 Å². The van der Waals surface area contributed by atoms with Crippen molar-refractivity contribution in [2.75, 3.05) is 19.5 Å². The average Bonchev–Trinajstić information content (AvgIpc) is 3.15. The number of Topliss-reactive ketones (excluding diaryl/α,β-unsaturated/α-hetero) is 1. The molecule has 140 valence electrons. The van der Waals surface area contributed by atoms with Crippen molar-refractivity contribution in [2.24, 2.45) is 0 Å². The maximum Gasteiger partial charge on any atom is 0.214 e. The fourth-order valence-corrected chi connectivity index (χ4v) is 3.37. The van der Waals surface area contributed by atoms with Gasteiger partial charge in [0.25, 0.3) is 0 Å². The number of benzene rings is 2. The molecular formula is C18H17ClN4O3S. The van der Waals surface area contributed by atoms with Crippen LogP contribution in [-0.4, -0.2) is 45.5 Å². The third-order valence-electron chi connectivity index (χ3n) is 3.63. The predicted molar refractivity (Wildman–Crippen MR) is 103 cm³/mol. The van der Waals surface area contributed by atoms with Crippen LogP contribution in [0.5, 0.6) is 11.5 Å². The van der Waals surface area contributed by atoms with E-state index < -0.39 is 0 Å². The molecule has 1 heterocycles. The van der Waals surface area contributed by atoms with Gasteiger partial charge in [0.05, 0.1) is 25.0 Å². The highest BCUT2D eigenvalue weighted by Gasteiger charge is 2.17.